The van der Waals surface area contributed by atoms with Crippen LogP contribution < -0.4 is 4.90 Å². The summed E-state index contributed by atoms with van der Waals surface area (Å²) < 4.78 is 5.30. The molecule has 3 aromatic rings. The second-order valence-corrected chi connectivity index (χ2v) is 9.08. The maximum Gasteiger partial charge on any atom is 0.378 e. The number of nitro benzene ring substituents is 1. The first-order valence-electron chi connectivity index (χ1n) is 10.8. The second-order valence-electron chi connectivity index (χ2n) is 7.84. The van der Waals surface area contributed by atoms with Crippen molar-refractivity contribution in [2.75, 3.05) is 11.5 Å². The summed E-state index contributed by atoms with van der Waals surface area (Å²) >= 11 is 1.62. The number of carbonyl (C=O) groups excluding carboxylic acids is 1. The molecule has 172 valence electrons. The van der Waals surface area contributed by atoms with E-state index >= 15 is 0 Å². The van der Waals surface area contributed by atoms with Crippen molar-refractivity contribution in [3.05, 3.63) is 100 Å². The van der Waals surface area contributed by atoms with E-state index in [1.165, 1.54) is 12.1 Å². The molecule has 0 fully saturated rings. The van der Waals surface area contributed by atoms with Gasteiger partial charge in [0.05, 0.1) is 17.2 Å². The van der Waals surface area contributed by atoms with Crippen molar-refractivity contribution in [3.63, 3.8) is 0 Å². The molecule has 0 bridgehead atoms. The number of hydrogen-bond acceptors (Lipinski definition) is 8. The lowest BCUT2D eigenvalue weighted by Gasteiger charge is -2.37. The summed E-state index contributed by atoms with van der Waals surface area (Å²) in [7, 11) is 0. The molecule has 3 aromatic carbocycles. The highest BCUT2D eigenvalue weighted by Gasteiger charge is 2.54. The Morgan fingerprint density at radius 1 is 1.15 bits per heavy atom. The Balaban J connectivity index is 1.67. The van der Waals surface area contributed by atoms with Crippen LogP contribution >= 0.6 is 11.8 Å². The highest BCUT2D eigenvalue weighted by Crippen LogP contribution is 2.55. The number of rotatable bonds is 5. The molecule has 0 saturated heterocycles. The summed E-state index contributed by atoms with van der Waals surface area (Å²) in [4.78, 5) is 32.6. The maximum atomic E-state index is 12.9. The molecule has 2 aliphatic rings. The molecule has 0 aliphatic carbocycles. The number of amidine groups is 1. The zero-order valence-corrected chi connectivity index (χ0v) is 19.1. The van der Waals surface area contributed by atoms with E-state index in [1.54, 1.807) is 30.8 Å². The van der Waals surface area contributed by atoms with Crippen LogP contribution in [-0.2, 0) is 20.1 Å². The Hall–Kier alpha value is -3.85. The van der Waals surface area contributed by atoms with Gasteiger partial charge in [-0.1, -0.05) is 59.8 Å². The van der Waals surface area contributed by atoms with E-state index in [0.717, 1.165) is 21.7 Å². The number of para-hydroxylation sites is 1. The molecule has 0 spiro atoms. The average Bonchev–Trinajstić information content (AvgIpc) is 3.18. The smallest absolute Gasteiger partial charge is 0.378 e. The van der Waals surface area contributed by atoms with Crippen molar-refractivity contribution in [2.24, 2.45) is 5.16 Å². The number of oxime groups is 1. The van der Waals surface area contributed by atoms with Gasteiger partial charge in [0, 0.05) is 34.3 Å². The Morgan fingerprint density at radius 3 is 2.56 bits per heavy atom. The third kappa shape index (κ3) is 3.67. The van der Waals surface area contributed by atoms with Gasteiger partial charge in [0.15, 0.2) is 0 Å². The van der Waals surface area contributed by atoms with Crippen molar-refractivity contribution in [1.29, 1.82) is 0 Å². The van der Waals surface area contributed by atoms with Crippen molar-refractivity contribution in [2.45, 2.75) is 29.2 Å². The minimum absolute atomic E-state index is 0.0345. The van der Waals surface area contributed by atoms with Gasteiger partial charge in [0.1, 0.15) is 0 Å². The summed E-state index contributed by atoms with van der Waals surface area (Å²) in [6, 6.07) is 24.0. The minimum Gasteiger partial charge on any atom is -0.460 e. The summed E-state index contributed by atoms with van der Waals surface area (Å²) in [5.74, 6) is -0.475. The number of nitrogens with zero attached hydrogens (tertiary/aromatic N) is 3. The fraction of sp³-hybridized carbons (Fsp3) is 0.200. The van der Waals surface area contributed by atoms with E-state index in [-0.39, 0.29) is 23.4 Å². The van der Waals surface area contributed by atoms with Gasteiger partial charge in [0.2, 0.25) is 5.72 Å². The Morgan fingerprint density at radius 2 is 1.85 bits per heavy atom. The van der Waals surface area contributed by atoms with Gasteiger partial charge in [-0.2, -0.15) is 0 Å². The van der Waals surface area contributed by atoms with Crippen LogP contribution in [0.25, 0.3) is 0 Å². The highest BCUT2D eigenvalue weighted by atomic mass is 32.2. The van der Waals surface area contributed by atoms with Gasteiger partial charge in [-0.05, 0) is 24.6 Å². The van der Waals surface area contributed by atoms with Crippen LogP contribution in [-0.4, -0.2) is 23.3 Å². The number of fused-ring (bicyclic) bond motifs is 3. The molecule has 2 unspecified atom stereocenters. The van der Waals surface area contributed by atoms with E-state index in [9.17, 15) is 14.9 Å². The lowest BCUT2D eigenvalue weighted by atomic mass is 9.92. The quantitative estimate of drug-likeness (QED) is 0.277. The molecule has 0 radical (unpaired) electrons. The number of esters is 1. The van der Waals surface area contributed by atoms with E-state index in [0.29, 0.717) is 6.42 Å². The molecule has 0 N–H and O–H groups in total. The van der Waals surface area contributed by atoms with E-state index < -0.39 is 16.6 Å². The van der Waals surface area contributed by atoms with Gasteiger partial charge in [-0.25, -0.2) is 4.79 Å². The standard InChI is InChI=1S/C25H21N3O5S/c1-2-32-24(29)23-26-33-25(18-8-4-3-5-9-18)16-22(17-12-14-19(15-13-17)28(30)31)34-21-11-7-6-10-20(21)27(23)25/h3-15,22H,2,16H2,1H3. The van der Waals surface area contributed by atoms with Crippen LogP contribution in [0.3, 0.4) is 0 Å². The monoisotopic (exact) mass is 475 g/mol. The molecular formula is C25H21N3O5S. The Bertz CT molecular complexity index is 1270. The molecule has 8 nitrogen and oxygen atoms in total. The van der Waals surface area contributed by atoms with Gasteiger partial charge < -0.3 is 9.57 Å². The first-order valence-corrected chi connectivity index (χ1v) is 11.7. The van der Waals surface area contributed by atoms with Crippen molar-refractivity contribution in [3.8, 4) is 0 Å². The number of carbonyl (C=O) groups is 1. The zero-order valence-electron chi connectivity index (χ0n) is 18.3. The average molecular weight is 476 g/mol. The Labute approximate surface area is 200 Å². The summed E-state index contributed by atoms with van der Waals surface area (Å²) in [5.41, 5.74) is 1.46. The molecule has 0 saturated carbocycles. The number of hydrogen-bond donors (Lipinski definition) is 0. The molecule has 9 heteroatoms. The summed E-state index contributed by atoms with van der Waals surface area (Å²) in [5, 5.41) is 15.2. The molecule has 0 amide bonds. The van der Waals surface area contributed by atoms with Gasteiger partial charge in [-0.15, -0.1) is 11.8 Å². The molecule has 34 heavy (non-hydrogen) atoms. The predicted molar refractivity (Wildman–Crippen MR) is 129 cm³/mol. The van der Waals surface area contributed by atoms with E-state index in [1.807, 2.05) is 59.5 Å². The number of benzene rings is 3. The normalized spacial score (nSPS) is 20.9. The summed E-state index contributed by atoms with van der Waals surface area (Å²) in [6.07, 6.45) is 0.431. The van der Waals surface area contributed by atoms with Crippen molar-refractivity contribution < 1.29 is 19.3 Å². The SMILES string of the molecule is CCOC(=O)C1=NOC2(c3ccccc3)CC(c3ccc([N+](=O)[O-])cc3)Sc3ccccc3N12. The third-order valence-corrected chi connectivity index (χ3v) is 7.17. The first kappa shape index (κ1) is 22.0. The van der Waals surface area contributed by atoms with Crippen molar-refractivity contribution in [1.82, 2.24) is 0 Å². The van der Waals surface area contributed by atoms with Crippen LogP contribution in [0.5, 0.6) is 0 Å². The number of thioether (sulfide) groups is 1. The predicted octanol–water partition coefficient (Wildman–Crippen LogP) is 5.40. The highest BCUT2D eigenvalue weighted by molar-refractivity contribution is 7.99. The number of anilines is 1. The summed E-state index contributed by atoms with van der Waals surface area (Å²) in [6.45, 7) is 1.96. The maximum absolute atomic E-state index is 12.9. The van der Waals surface area contributed by atoms with Crippen LogP contribution in [0.1, 0.15) is 29.7 Å². The van der Waals surface area contributed by atoms with Crippen molar-refractivity contribution >= 4 is 34.9 Å². The molecule has 2 aliphatic heterocycles. The molecule has 5 rings (SSSR count). The topological polar surface area (TPSA) is 94.3 Å². The van der Waals surface area contributed by atoms with Crippen LogP contribution in [0.2, 0.25) is 0 Å². The molecular weight excluding hydrogens is 454 g/mol. The zero-order chi connectivity index (χ0) is 23.7. The number of nitro groups is 1. The largest absolute Gasteiger partial charge is 0.460 e. The van der Waals surface area contributed by atoms with E-state index in [4.69, 9.17) is 9.57 Å². The Kier molecular flexibility index (Phi) is 5.70. The van der Waals surface area contributed by atoms with Gasteiger partial charge in [-0.3, -0.25) is 15.0 Å². The molecule has 2 atom stereocenters. The molecule has 0 aromatic heterocycles. The third-order valence-electron chi connectivity index (χ3n) is 5.85. The van der Waals surface area contributed by atoms with Crippen LogP contribution in [0.4, 0.5) is 11.4 Å². The first-order chi connectivity index (χ1) is 16.5. The fourth-order valence-corrected chi connectivity index (χ4v) is 5.66. The van der Waals surface area contributed by atoms with Crippen LogP contribution in [0.15, 0.2) is 88.9 Å². The van der Waals surface area contributed by atoms with Gasteiger partial charge >= 0.3 is 5.97 Å². The van der Waals surface area contributed by atoms with E-state index in [2.05, 4.69) is 5.16 Å². The van der Waals surface area contributed by atoms with Crippen LogP contribution in [0, 0.1) is 10.1 Å². The van der Waals surface area contributed by atoms with Gasteiger partial charge in [0.25, 0.3) is 11.5 Å². The fourth-order valence-electron chi connectivity index (χ4n) is 4.32. The molecule has 2 heterocycles. The number of non-ortho nitro benzene ring substituents is 1. The lowest BCUT2D eigenvalue weighted by molar-refractivity contribution is -0.384. The second kappa shape index (κ2) is 8.83. The number of ether oxygens (including phenoxy) is 1. The lowest BCUT2D eigenvalue weighted by Crippen LogP contribution is -2.49. The minimum atomic E-state index is -1.10.